The van der Waals surface area contributed by atoms with Gasteiger partial charge in [-0.15, -0.1) is 0 Å². The maximum absolute atomic E-state index is 14.2. The van der Waals surface area contributed by atoms with Crippen molar-refractivity contribution >= 4 is 40.8 Å². The van der Waals surface area contributed by atoms with Crippen LogP contribution in [0.2, 0.25) is 0 Å². The molecule has 0 saturated carbocycles. The van der Waals surface area contributed by atoms with Crippen LogP contribution in [0.1, 0.15) is 25.3 Å². The second-order valence-electron chi connectivity index (χ2n) is 12.5. The Labute approximate surface area is 272 Å². The van der Waals surface area contributed by atoms with Crippen LogP contribution in [0.5, 0.6) is 17.2 Å². The minimum Gasteiger partial charge on any atom is -0.502 e. The van der Waals surface area contributed by atoms with Crippen LogP contribution in [-0.2, 0) is 23.9 Å². The standard InChI is InChI=1S/C37H36N2O8/c1-20-16-29(40)28-19-27-24(25(32(28)34(20)41)9-4-21-17-30(45-2)35(42)31(18-21)46-3)10-11-26-33(27)37(44)39(36(26)43)23-7-5-22(6-8-23)38-12-14-47-15-13-38/h4-10,16-18,25-27,33,42H,11-15,19H2,1-3H3. The summed E-state index contributed by atoms with van der Waals surface area (Å²) in [5.74, 6) is -2.87. The molecule has 2 heterocycles. The van der Waals surface area contributed by atoms with Crippen molar-refractivity contribution in [2.24, 2.45) is 23.7 Å². The van der Waals surface area contributed by atoms with Crippen molar-refractivity contribution in [2.45, 2.75) is 19.8 Å². The third-order valence-electron chi connectivity index (χ3n) is 10.1. The Balaban J connectivity index is 1.24. The van der Waals surface area contributed by atoms with Crippen molar-refractivity contribution in [2.75, 3.05) is 50.3 Å². The molecule has 0 bridgehead atoms. The van der Waals surface area contributed by atoms with Crippen molar-refractivity contribution < 1.29 is 38.5 Å². The van der Waals surface area contributed by atoms with Crippen molar-refractivity contribution in [3.8, 4) is 17.2 Å². The molecule has 10 nitrogen and oxygen atoms in total. The molecule has 4 atom stereocenters. The van der Waals surface area contributed by atoms with Gasteiger partial charge in [-0.2, -0.15) is 0 Å². The number of aromatic hydroxyl groups is 1. The number of benzene rings is 2. The summed E-state index contributed by atoms with van der Waals surface area (Å²) in [4.78, 5) is 58.6. The summed E-state index contributed by atoms with van der Waals surface area (Å²) in [5.41, 5.74) is 4.22. The number of fused-ring (bicyclic) bond motifs is 3. The molecule has 7 rings (SSSR count). The van der Waals surface area contributed by atoms with Crippen LogP contribution in [-0.4, -0.2) is 69.0 Å². The molecule has 0 spiro atoms. The Bertz CT molecular complexity index is 1790. The minimum absolute atomic E-state index is 0.130. The number of morpholine rings is 1. The maximum Gasteiger partial charge on any atom is 0.238 e. The maximum atomic E-state index is 14.2. The number of methoxy groups -OCH3 is 2. The topological polar surface area (TPSA) is 123 Å². The summed E-state index contributed by atoms with van der Waals surface area (Å²) in [6.45, 7) is 4.50. The summed E-state index contributed by atoms with van der Waals surface area (Å²) in [5, 5.41) is 10.4. The molecular formula is C37H36N2O8. The zero-order valence-corrected chi connectivity index (χ0v) is 26.5. The molecule has 2 amide bonds. The Hall–Kier alpha value is -4.96. The number of allylic oxidation sites excluding steroid dienone is 7. The average Bonchev–Trinajstić information content (AvgIpc) is 3.35. The monoisotopic (exact) mass is 636 g/mol. The van der Waals surface area contributed by atoms with E-state index >= 15 is 0 Å². The largest absolute Gasteiger partial charge is 0.502 e. The number of carbonyl (C=O) groups is 4. The van der Waals surface area contributed by atoms with E-state index in [2.05, 4.69) is 4.90 Å². The second kappa shape index (κ2) is 12.0. The van der Waals surface area contributed by atoms with Crippen LogP contribution in [0.15, 0.2) is 76.9 Å². The predicted molar refractivity (Wildman–Crippen MR) is 174 cm³/mol. The normalized spacial score (nSPS) is 25.9. The molecule has 242 valence electrons. The number of hydrogen-bond donors (Lipinski definition) is 1. The summed E-state index contributed by atoms with van der Waals surface area (Å²) in [7, 11) is 2.88. The lowest BCUT2D eigenvalue weighted by atomic mass is 9.60. The first-order chi connectivity index (χ1) is 22.7. The Kier molecular flexibility index (Phi) is 7.83. The number of ether oxygens (including phenoxy) is 3. The number of Topliss-reactive ketones (excluding diaryl/α,β-unsaturated/α-hetero) is 1. The van der Waals surface area contributed by atoms with Crippen LogP contribution in [0.3, 0.4) is 0 Å². The van der Waals surface area contributed by atoms with E-state index in [0.29, 0.717) is 47.6 Å². The lowest BCUT2D eigenvalue weighted by Crippen LogP contribution is -2.40. The molecular weight excluding hydrogens is 600 g/mol. The molecule has 5 aliphatic rings. The molecule has 4 unspecified atom stereocenters. The fourth-order valence-corrected chi connectivity index (χ4v) is 7.74. The number of rotatable bonds is 6. The molecule has 3 aliphatic carbocycles. The van der Waals surface area contributed by atoms with Gasteiger partial charge < -0.3 is 24.2 Å². The van der Waals surface area contributed by atoms with Gasteiger partial charge in [0.1, 0.15) is 0 Å². The van der Waals surface area contributed by atoms with Gasteiger partial charge in [0.05, 0.1) is 45.0 Å². The zero-order valence-electron chi connectivity index (χ0n) is 26.5. The Morgan fingerprint density at radius 1 is 0.915 bits per heavy atom. The quantitative estimate of drug-likeness (QED) is 0.279. The Morgan fingerprint density at radius 3 is 2.23 bits per heavy atom. The van der Waals surface area contributed by atoms with Crippen molar-refractivity contribution in [1.82, 2.24) is 0 Å². The summed E-state index contributed by atoms with van der Waals surface area (Å²) in [6.07, 6.45) is 7.58. The highest BCUT2D eigenvalue weighted by Crippen LogP contribution is 2.53. The van der Waals surface area contributed by atoms with Gasteiger partial charge in [-0.1, -0.05) is 23.8 Å². The number of hydrogen-bond acceptors (Lipinski definition) is 9. The van der Waals surface area contributed by atoms with Gasteiger partial charge in [-0.25, -0.2) is 0 Å². The van der Waals surface area contributed by atoms with E-state index < -0.39 is 23.7 Å². The molecule has 0 radical (unpaired) electrons. The molecule has 2 fully saturated rings. The van der Waals surface area contributed by atoms with Crippen LogP contribution >= 0.6 is 0 Å². The SMILES string of the molecule is COc1cc(C=CC2C3=CCC4C(=O)N(c5ccc(N6CCOCC6)cc5)C(=O)C4C3CC3=C2C(=O)C(C)=CC3=O)cc(OC)c1O. The third-order valence-corrected chi connectivity index (χ3v) is 10.1. The van der Waals surface area contributed by atoms with Crippen LogP contribution in [0.4, 0.5) is 11.4 Å². The van der Waals surface area contributed by atoms with Gasteiger partial charge in [-0.3, -0.25) is 24.1 Å². The van der Waals surface area contributed by atoms with Gasteiger partial charge in [0, 0.05) is 41.4 Å². The number of nitrogens with zero attached hydrogens (tertiary/aromatic N) is 2. The van der Waals surface area contributed by atoms with E-state index in [1.807, 2.05) is 36.4 Å². The van der Waals surface area contributed by atoms with Gasteiger partial charge in [0.2, 0.25) is 17.6 Å². The van der Waals surface area contributed by atoms with Crippen LogP contribution in [0, 0.1) is 23.7 Å². The summed E-state index contributed by atoms with van der Waals surface area (Å²) >= 11 is 0. The zero-order chi connectivity index (χ0) is 33.0. The number of phenols is 1. The molecule has 2 aromatic rings. The highest BCUT2D eigenvalue weighted by atomic mass is 16.5. The van der Waals surface area contributed by atoms with E-state index in [-0.39, 0.29) is 47.1 Å². The van der Waals surface area contributed by atoms with Gasteiger partial charge in [-0.05, 0) is 73.7 Å². The molecule has 1 N–H and O–H groups in total. The van der Waals surface area contributed by atoms with Gasteiger partial charge in [0.25, 0.3) is 0 Å². The van der Waals surface area contributed by atoms with Crippen molar-refractivity contribution in [3.63, 3.8) is 0 Å². The van der Waals surface area contributed by atoms with E-state index in [4.69, 9.17) is 14.2 Å². The first kappa shape index (κ1) is 30.7. The Morgan fingerprint density at radius 2 is 1.57 bits per heavy atom. The molecule has 2 aromatic carbocycles. The number of phenolic OH excluding ortho intramolecular Hbond substituents is 1. The average molecular weight is 637 g/mol. The number of anilines is 2. The predicted octanol–water partition coefficient (Wildman–Crippen LogP) is 4.43. The molecule has 2 aliphatic heterocycles. The first-order valence-corrected chi connectivity index (χ1v) is 15.9. The number of imide groups is 1. The molecule has 0 aromatic heterocycles. The van der Waals surface area contributed by atoms with Crippen molar-refractivity contribution in [3.05, 3.63) is 82.5 Å². The van der Waals surface area contributed by atoms with E-state index in [1.165, 1.54) is 25.2 Å². The molecule has 47 heavy (non-hydrogen) atoms. The third kappa shape index (κ3) is 5.07. The smallest absolute Gasteiger partial charge is 0.238 e. The lowest BCUT2D eigenvalue weighted by Gasteiger charge is -2.41. The summed E-state index contributed by atoms with van der Waals surface area (Å²) in [6, 6.07) is 10.8. The fourth-order valence-electron chi connectivity index (χ4n) is 7.74. The summed E-state index contributed by atoms with van der Waals surface area (Å²) < 4.78 is 16.1. The highest BCUT2D eigenvalue weighted by molar-refractivity contribution is 6.24. The second-order valence-corrected chi connectivity index (χ2v) is 12.5. The molecule has 2 saturated heterocycles. The first-order valence-electron chi connectivity index (χ1n) is 15.9. The van der Waals surface area contributed by atoms with E-state index in [1.54, 1.807) is 25.1 Å². The lowest BCUT2D eigenvalue weighted by molar-refractivity contribution is -0.123. The minimum atomic E-state index is -0.657. The number of carbonyl (C=O) groups excluding carboxylic acids is 4. The van der Waals surface area contributed by atoms with Crippen molar-refractivity contribution in [1.29, 1.82) is 0 Å². The number of amides is 2. The van der Waals surface area contributed by atoms with Gasteiger partial charge >= 0.3 is 0 Å². The fraction of sp³-hybridized carbons (Fsp3) is 0.351. The highest BCUT2D eigenvalue weighted by Gasteiger charge is 2.56. The number of ketones is 2. The van der Waals surface area contributed by atoms with Crippen LogP contribution in [0.25, 0.3) is 6.08 Å². The van der Waals surface area contributed by atoms with E-state index in [9.17, 15) is 24.3 Å². The van der Waals surface area contributed by atoms with E-state index in [0.717, 1.165) is 24.4 Å². The van der Waals surface area contributed by atoms with Gasteiger partial charge in [0.15, 0.2) is 23.1 Å². The van der Waals surface area contributed by atoms with Crippen LogP contribution < -0.4 is 19.3 Å². The molecule has 10 heteroatoms.